The molecular formula is C24H38O5S. The van der Waals surface area contributed by atoms with E-state index >= 15 is 0 Å². The van der Waals surface area contributed by atoms with Gasteiger partial charge in [-0.3, -0.25) is 9.59 Å². The lowest BCUT2D eigenvalue weighted by Gasteiger charge is -2.41. The third-order valence-corrected chi connectivity index (χ3v) is 7.94. The molecule has 0 unspecified atom stereocenters. The zero-order valence-corrected chi connectivity index (χ0v) is 19.3. The van der Waals surface area contributed by atoms with Crippen LogP contribution in [0, 0.1) is 11.8 Å². The SMILES string of the molecule is COCCCC1(SC/C=C/[C@H]2[C@H](O)CC(=O)[C@@H]2C/C=C\CCCC(=O)OC)CCC1. The molecule has 1 N–H and O–H groups in total. The van der Waals surface area contributed by atoms with E-state index in [1.165, 1.54) is 32.8 Å². The van der Waals surface area contributed by atoms with Gasteiger partial charge in [0.2, 0.25) is 0 Å². The molecule has 0 aliphatic heterocycles. The van der Waals surface area contributed by atoms with E-state index in [0.29, 0.717) is 17.6 Å². The van der Waals surface area contributed by atoms with Crippen LogP contribution in [0.1, 0.15) is 64.2 Å². The number of methoxy groups -OCH3 is 2. The third kappa shape index (κ3) is 7.86. The van der Waals surface area contributed by atoms with Gasteiger partial charge in [0.25, 0.3) is 0 Å². The van der Waals surface area contributed by atoms with Crippen LogP contribution in [0.4, 0.5) is 0 Å². The van der Waals surface area contributed by atoms with Gasteiger partial charge < -0.3 is 14.6 Å². The van der Waals surface area contributed by atoms with E-state index in [2.05, 4.69) is 16.9 Å². The minimum Gasteiger partial charge on any atom is -0.469 e. The van der Waals surface area contributed by atoms with Crippen LogP contribution >= 0.6 is 11.8 Å². The molecule has 2 saturated carbocycles. The molecular weight excluding hydrogens is 400 g/mol. The van der Waals surface area contributed by atoms with E-state index in [1.807, 2.05) is 23.9 Å². The molecule has 6 heteroatoms. The first-order valence-electron chi connectivity index (χ1n) is 11.2. The standard InChI is InChI=1S/C24H38O5S/c1-28-16-9-15-24(13-8-14-24)30-17-7-11-20-19(21(25)18-22(20)26)10-5-3-4-6-12-23(27)29-2/h3,5,7,11,19-20,22,26H,4,6,8-10,12-18H2,1-2H3/b5-3-,11-7+/t19-,20-,22-/m1/s1. The Balaban J connectivity index is 1.76. The molecule has 0 aromatic heterocycles. The molecule has 2 aliphatic carbocycles. The average Bonchev–Trinajstić information content (AvgIpc) is 2.97. The summed E-state index contributed by atoms with van der Waals surface area (Å²) in [6.07, 6.45) is 16.7. The lowest BCUT2D eigenvalue weighted by molar-refractivity contribution is -0.140. The zero-order chi connectivity index (χ0) is 21.8. The number of aliphatic hydroxyl groups is 1. The third-order valence-electron chi connectivity index (χ3n) is 6.36. The molecule has 0 aromatic rings. The maximum Gasteiger partial charge on any atom is 0.305 e. The van der Waals surface area contributed by atoms with Gasteiger partial charge in [-0.05, 0) is 44.9 Å². The van der Waals surface area contributed by atoms with E-state index < -0.39 is 6.10 Å². The second-order valence-corrected chi connectivity index (χ2v) is 9.96. The largest absolute Gasteiger partial charge is 0.469 e. The number of unbranched alkanes of at least 4 members (excludes halogenated alkanes) is 1. The van der Waals surface area contributed by atoms with E-state index in [9.17, 15) is 14.7 Å². The van der Waals surface area contributed by atoms with Gasteiger partial charge in [0.1, 0.15) is 5.78 Å². The summed E-state index contributed by atoms with van der Waals surface area (Å²) >= 11 is 2.02. The van der Waals surface area contributed by atoms with E-state index in [4.69, 9.17) is 4.74 Å². The fourth-order valence-electron chi connectivity index (χ4n) is 4.37. The summed E-state index contributed by atoms with van der Waals surface area (Å²) in [7, 11) is 3.15. The van der Waals surface area contributed by atoms with Gasteiger partial charge in [-0.25, -0.2) is 0 Å². The summed E-state index contributed by atoms with van der Waals surface area (Å²) in [5.74, 6) is 0.656. The molecule has 0 radical (unpaired) electrons. The first kappa shape index (κ1) is 25.2. The average molecular weight is 439 g/mol. The van der Waals surface area contributed by atoms with Crippen molar-refractivity contribution in [1.82, 2.24) is 0 Å². The van der Waals surface area contributed by atoms with Crippen molar-refractivity contribution >= 4 is 23.5 Å². The van der Waals surface area contributed by atoms with Crippen molar-refractivity contribution in [2.75, 3.05) is 26.6 Å². The highest BCUT2D eigenvalue weighted by molar-refractivity contribution is 8.00. The normalized spacial score (nSPS) is 25.8. The predicted octanol–water partition coefficient (Wildman–Crippen LogP) is 4.48. The van der Waals surface area contributed by atoms with Gasteiger partial charge in [-0.1, -0.05) is 30.7 Å². The lowest BCUT2D eigenvalue weighted by Crippen LogP contribution is -2.33. The molecule has 2 fully saturated rings. The molecule has 5 nitrogen and oxygen atoms in total. The molecule has 0 saturated heterocycles. The Morgan fingerprint density at radius 3 is 2.70 bits per heavy atom. The number of thioether (sulfide) groups is 1. The van der Waals surface area contributed by atoms with Gasteiger partial charge in [0.15, 0.2) is 0 Å². The van der Waals surface area contributed by atoms with Gasteiger partial charge in [0, 0.05) is 48.9 Å². The monoisotopic (exact) mass is 438 g/mol. The summed E-state index contributed by atoms with van der Waals surface area (Å²) in [4.78, 5) is 23.4. The van der Waals surface area contributed by atoms with Crippen LogP contribution in [0.3, 0.4) is 0 Å². The Bertz CT molecular complexity index is 596. The van der Waals surface area contributed by atoms with Crippen molar-refractivity contribution in [2.24, 2.45) is 11.8 Å². The lowest BCUT2D eigenvalue weighted by atomic mass is 9.81. The minimum absolute atomic E-state index is 0.0938. The highest BCUT2D eigenvalue weighted by Gasteiger charge is 2.39. The number of aliphatic hydroxyl groups excluding tert-OH is 1. The van der Waals surface area contributed by atoms with Crippen molar-refractivity contribution in [2.45, 2.75) is 75.1 Å². The van der Waals surface area contributed by atoms with Gasteiger partial charge >= 0.3 is 5.97 Å². The second-order valence-electron chi connectivity index (χ2n) is 8.47. The molecule has 0 heterocycles. The number of allylic oxidation sites excluding steroid dienone is 2. The van der Waals surface area contributed by atoms with Gasteiger partial charge in [-0.15, -0.1) is 0 Å². The number of carbonyl (C=O) groups excluding carboxylic acids is 2. The van der Waals surface area contributed by atoms with E-state index in [0.717, 1.165) is 31.6 Å². The maximum absolute atomic E-state index is 12.3. The Kier molecular flexibility index (Phi) is 11.2. The Labute approximate surface area is 185 Å². The van der Waals surface area contributed by atoms with Crippen molar-refractivity contribution in [1.29, 1.82) is 0 Å². The molecule has 0 bridgehead atoms. The predicted molar refractivity (Wildman–Crippen MR) is 122 cm³/mol. The topological polar surface area (TPSA) is 72.8 Å². The van der Waals surface area contributed by atoms with Crippen molar-refractivity contribution < 1.29 is 24.2 Å². The molecule has 0 aromatic carbocycles. The summed E-state index contributed by atoms with van der Waals surface area (Å²) in [6.45, 7) is 0.826. The molecule has 2 aliphatic rings. The van der Waals surface area contributed by atoms with Crippen molar-refractivity contribution in [3.05, 3.63) is 24.3 Å². The fraction of sp³-hybridized carbons (Fsp3) is 0.750. The number of Topliss-reactive ketones (excluding diaryl/α,β-unsaturated/α-hetero) is 1. The molecule has 0 amide bonds. The van der Waals surface area contributed by atoms with Crippen LogP contribution in [0.15, 0.2) is 24.3 Å². The highest BCUT2D eigenvalue weighted by atomic mass is 32.2. The minimum atomic E-state index is -0.573. The molecule has 30 heavy (non-hydrogen) atoms. The van der Waals surface area contributed by atoms with Crippen LogP contribution in [0.2, 0.25) is 0 Å². The molecule has 2 rings (SSSR count). The van der Waals surface area contributed by atoms with E-state index in [1.54, 1.807) is 7.11 Å². The number of hydrogen-bond donors (Lipinski definition) is 1. The van der Waals surface area contributed by atoms with E-state index in [-0.39, 0.29) is 30.0 Å². The first-order chi connectivity index (χ1) is 14.5. The van der Waals surface area contributed by atoms with Gasteiger partial charge in [-0.2, -0.15) is 11.8 Å². The Hall–Kier alpha value is -1.11. The van der Waals surface area contributed by atoms with Crippen LogP contribution in [-0.4, -0.2) is 54.3 Å². The number of hydrogen-bond acceptors (Lipinski definition) is 6. The quantitative estimate of drug-likeness (QED) is 0.245. The summed E-state index contributed by atoms with van der Waals surface area (Å²) in [5.41, 5.74) is 0. The molecule has 0 spiro atoms. The van der Waals surface area contributed by atoms with Crippen LogP contribution in [0.5, 0.6) is 0 Å². The molecule has 170 valence electrons. The summed E-state index contributed by atoms with van der Waals surface area (Å²) < 4.78 is 10.2. The Morgan fingerprint density at radius 2 is 2.03 bits per heavy atom. The second kappa shape index (κ2) is 13.3. The van der Waals surface area contributed by atoms with Crippen LogP contribution in [-0.2, 0) is 19.1 Å². The number of esters is 1. The number of carbonyl (C=O) groups is 2. The maximum atomic E-state index is 12.3. The number of ether oxygens (including phenoxy) is 2. The van der Waals surface area contributed by atoms with Crippen molar-refractivity contribution in [3.63, 3.8) is 0 Å². The number of rotatable bonds is 14. The highest BCUT2D eigenvalue weighted by Crippen LogP contribution is 2.47. The summed E-state index contributed by atoms with van der Waals surface area (Å²) in [5, 5.41) is 10.4. The Morgan fingerprint density at radius 1 is 1.23 bits per heavy atom. The fourth-order valence-corrected chi connectivity index (χ4v) is 5.80. The summed E-state index contributed by atoms with van der Waals surface area (Å²) in [6, 6.07) is 0. The zero-order valence-electron chi connectivity index (χ0n) is 18.5. The number of ketones is 1. The van der Waals surface area contributed by atoms with Crippen LogP contribution in [0.25, 0.3) is 0 Å². The molecule has 3 atom stereocenters. The van der Waals surface area contributed by atoms with Crippen LogP contribution < -0.4 is 0 Å². The first-order valence-corrected chi connectivity index (χ1v) is 12.2. The van der Waals surface area contributed by atoms with Crippen molar-refractivity contribution in [3.8, 4) is 0 Å². The van der Waals surface area contributed by atoms with Gasteiger partial charge in [0.05, 0.1) is 13.2 Å². The smallest absolute Gasteiger partial charge is 0.305 e.